The second kappa shape index (κ2) is 5.43. The first-order valence-corrected chi connectivity index (χ1v) is 8.12. The van der Waals surface area contributed by atoms with Gasteiger partial charge in [0, 0.05) is 9.35 Å². The molecule has 1 aromatic carbocycles. The maximum atomic E-state index is 13.3. The number of halogens is 3. The molecule has 1 aliphatic carbocycles. The van der Waals surface area contributed by atoms with Gasteiger partial charge in [-0.25, -0.2) is 4.39 Å². The van der Waals surface area contributed by atoms with Crippen molar-refractivity contribution in [2.45, 2.75) is 25.3 Å². The molecule has 3 rings (SSSR count). The summed E-state index contributed by atoms with van der Waals surface area (Å²) in [6.45, 7) is 0. The maximum Gasteiger partial charge on any atom is 0.125 e. The van der Waals surface area contributed by atoms with Crippen LogP contribution in [0.25, 0.3) is 0 Å². The van der Waals surface area contributed by atoms with Crippen LogP contribution < -0.4 is 5.32 Å². The molecule has 1 atom stereocenters. The Labute approximate surface area is 128 Å². The molecule has 2 aromatic rings. The molecule has 1 aromatic heterocycles. The normalized spacial score (nSPS) is 18.2. The van der Waals surface area contributed by atoms with Crippen LogP contribution in [0.2, 0.25) is 4.34 Å². The summed E-state index contributed by atoms with van der Waals surface area (Å²) >= 11 is 11.2. The molecule has 0 saturated carbocycles. The van der Waals surface area contributed by atoms with E-state index in [1.807, 2.05) is 6.07 Å². The van der Waals surface area contributed by atoms with Gasteiger partial charge in [-0.3, -0.25) is 0 Å². The maximum absolute atomic E-state index is 13.3. The highest BCUT2D eigenvalue weighted by atomic mass is 79.9. The fourth-order valence-corrected chi connectivity index (χ4v) is 4.21. The first kappa shape index (κ1) is 13.4. The Balaban J connectivity index is 1.90. The molecule has 0 amide bonds. The Morgan fingerprint density at radius 3 is 3.05 bits per heavy atom. The summed E-state index contributed by atoms with van der Waals surface area (Å²) < 4.78 is 15.0. The Morgan fingerprint density at radius 2 is 2.21 bits per heavy atom. The van der Waals surface area contributed by atoms with Gasteiger partial charge < -0.3 is 5.32 Å². The Hall–Kier alpha value is -0.580. The molecule has 0 spiro atoms. The highest BCUT2D eigenvalue weighted by Gasteiger charge is 2.23. The van der Waals surface area contributed by atoms with Crippen molar-refractivity contribution >= 4 is 44.6 Å². The van der Waals surface area contributed by atoms with Crippen molar-refractivity contribution in [2.24, 2.45) is 0 Å². The lowest BCUT2D eigenvalue weighted by atomic mass is 9.94. The highest BCUT2D eigenvalue weighted by Crippen LogP contribution is 2.40. The summed E-state index contributed by atoms with van der Waals surface area (Å²) in [7, 11) is 0. The number of fused-ring (bicyclic) bond motifs is 1. The lowest BCUT2D eigenvalue weighted by Crippen LogP contribution is -2.15. The molecule has 1 nitrogen and oxygen atoms in total. The number of thiophene rings is 1. The second-order valence-corrected chi connectivity index (χ2v) is 7.26. The molecule has 19 heavy (non-hydrogen) atoms. The number of hydrogen-bond donors (Lipinski definition) is 1. The van der Waals surface area contributed by atoms with Crippen LogP contribution >= 0.6 is 38.9 Å². The zero-order chi connectivity index (χ0) is 13.4. The number of rotatable bonds is 2. The van der Waals surface area contributed by atoms with Crippen LogP contribution in [0, 0.1) is 5.82 Å². The van der Waals surface area contributed by atoms with Crippen molar-refractivity contribution in [3.05, 3.63) is 49.3 Å². The van der Waals surface area contributed by atoms with Crippen LogP contribution in [-0.2, 0) is 6.42 Å². The third-order valence-electron chi connectivity index (χ3n) is 3.34. The molecule has 0 radical (unpaired) electrons. The van der Waals surface area contributed by atoms with E-state index in [2.05, 4.69) is 21.2 Å². The molecule has 1 N–H and O–H groups in total. The molecule has 1 unspecified atom stereocenters. The number of nitrogens with one attached hydrogen (secondary N) is 1. The summed E-state index contributed by atoms with van der Waals surface area (Å²) in [5.74, 6) is -0.231. The van der Waals surface area contributed by atoms with E-state index in [9.17, 15) is 4.39 Å². The van der Waals surface area contributed by atoms with Gasteiger partial charge >= 0.3 is 0 Å². The van der Waals surface area contributed by atoms with Crippen LogP contribution in [-0.4, -0.2) is 0 Å². The fourth-order valence-electron chi connectivity index (χ4n) is 2.47. The average molecular weight is 361 g/mol. The minimum absolute atomic E-state index is 0.214. The third kappa shape index (κ3) is 2.81. The largest absolute Gasteiger partial charge is 0.377 e. The van der Waals surface area contributed by atoms with Crippen LogP contribution in [0.5, 0.6) is 0 Å². The Kier molecular flexibility index (Phi) is 3.83. The Morgan fingerprint density at radius 1 is 1.37 bits per heavy atom. The number of aryl methyl sites for hydroxylation is 1. The molecule has 0 bridgehead atoms. The van der Waals surface area contributed by atoms with Gasteiger partial charge in [-0.2, -0.15) is 0 Å². The van der Waals surface area contributed by atoms with E-state index in [0.717, 1.165) is 33.8 Å². The molecule has 5 heteroatoms. The Bertz CT molecular complexity index is 613. The van der Waals surface area contributed by atoms with Gasteiger partial charge in [0.15, 0.2) is 0 Å². The molecular formula is C14H12BrClFNS. The third-order valence-corrected chi connectivity index (χ3v) is 5.37. The number of benzene rings is 1. The second-order valence-electron chi connectivity index (χ2n) is 4.64. The number of hydrogen-bond acceptors (Lipinski definition) is 2. The molecule has 100 valence electrons. The van der Waals surface area contributed by atoms with E-state index in [1.54, 1.807) is 17.4 Å². The van der Waals surface area contributed by atoms with Gasteiger partial charge in [-0.1, -0.05) is 11.6 Å². The lowest BCUT2D eigenvalue weighted by molar-refractivity contribution is 0.605. The van der Waals surface area contributed by atoms with E-state index < -0.39 is 0 Å². The molecule has 0 fully saturated rings. The van der Waals surface area contributed by atoms with Gasteiger partial charge in [-0.15, -0.1) is 11.3 Å². The summed E-state index contributed by atoms with van der Waals surface area (Å²) in [6, 6.07) is 6.94. The lowest BCUT2D eigenvalue weighted by Gasteiger charge is -2.25. The minimum Gasteiger partial charge on any atom is -0.377 e. The average Bonchev–Trinajstić information content (AvgIpc) is 2.75. The van der Waals surface area contributed by atoms with Crippen LogP contribution in [0.4, 0.5) is 10.1 Å². The minimum atomic E-state index is -0.231. The summed E-state index contributed by atoms with van der Waals surface area (Å²) in [4.78, 5) is 1.35. The zero-order valence-electron chi connectivity index (χ0n) is 10.1. The predicted molar refractivity (Wildman–Crippen MR) is 82.7 cm³/mol. The number of anilines is 1. The van der Waals surface area contributed by atoms with E-state index in [0.29, 0.717) is 0 Å². The monoisotopic (exact) mass is 359 g/mol. The van der Waals surface area contributed by atoms with Crippen molar-refractivity contribution in [1.29, 1.82) is 0 Å². The van der Waals surface area contributed by atoms with Crippen LogP contribution in [0.15, 0.2) is 28.7 Å². The predicted octanol–water partition coefficient (Wildman–Crippen LogP) is 5.79. The van der Waals surface area contributed by atoms with Crippen molar-refractivity contribution in [1.82, 2.24) is 0 Å². The van der Waals surface area contributed by atoms with Gasteiger partial charge in [0.2, 0.25) is 0 Å². The van der Waals surface area contributed by atoms with Gasteiger partial charge in [0.05, 0.1) is 16.1 Å². The standard InChI is InChI=1S/C14H12BrClFNS/c15-10-5-4-8(17)6-12(10)18-11-2-1-3-13-9(11)7-14(16)19-13/h4-7,11,18H,1-3H2. The molecule has 1 aliphatic rings. The molecule has 1 heterocycles. The van der Waals surface area contributed by atoms with E-state index >= 15 is 0 Å². The van der Waals surface area contributed by atoms with Crippen molar-refractivity contribution in [3.8, 4) is 0 Å². The van der Waals surface area contributed by atoms with E-state index in [-0.39, 0.29) is 11.9 Å². The van der Waals surface area contributed by atoms with Gasteiger partial charge in [-0.05, 0) is 65.0 Å². The van der Waals surface area contributed by atoms with Crippen molar-refractivity contribution in [2.75, 3.05) is 5.32 Å². The van der Waals surface area contributed by atoms with Crippen LogP contribution in [0.3, 0.4) is 0 Å². The molecule has 0 saturated heterocycles. The quantitative estimate of drug-likeness (QED) is 0.714. The SMILES string of the molecule is Fc1ccc(Br)c(NC2CCCc3sc(Cl)cc32)c1. The van der Waals surface area contributed by atoms with Crippen molar-refractivity contribution < 1.29 is 4.39 Å². The fraction of sp³-hybridized carbons (Fsp3) is 0.286. The van der Waals surface area contributed by atoms with E-state index in [4.69, 9.17) is 11.6 Å². The smallest absolute Gasteiger partial charge is 0.125 e. The first-order valence-electron chi connectivity index (χ1n) is 6.13. The summed E-state index contributed by atoms with van der Waals surface area (Å²) in [5.41, 5.74) is 2.05. The van der Waals surface area contributed by atoms with Crippen molar-refractivity contribution in [3.63, 3.8) is 0 Å². The van der Waals surface area contributed by atoms with Gasteiger partial charge in [0.25, 0.3) is 0 Å². The topological polar surface area (TPSA) is 12.0 Å². The molecule has 0 aliphatic heterocycles. The van der Waals surface area contributed by atoms with Gasteiger partial charge in [0.1, 0.15) is 5.82 Å². The molecular weight excluding hydrogens is 349 g/mol. The van der Waals surface area contributed by atoms with Crippen LogP contribution in [0.1, 0.15) is 29.3 Å². The summed E-state index contributed by atoms with van der Waals surface area (Å²) in [5, 5.41) is 3.42. The first-order chi connectivity index (χ1) is 9.13. The zero-order valence-corrected chi connectivity index (χ0v) is 13.2. The van der Waals surface area contributed by atoms with E-state index in [1.165, 1.54) is 22.6 Å². The highest BCUT2D eigenvalue weighted by molar-refractivity contribution is 9.10. The summed E-state index contributed by atoms with van der Waals surface area (Å²) in [6.07, 6.45) is 3.27.